The number of halogens is 2. The fourth-order valence-corrected chi connectivity index (χ4v) is 3.83. The van der Waals surface area contributed by atoms with Gasteiger partial charge in [-0.25, -0.2) is 0 Å². The normalized spacial score (nSPS) is 14.6. The second kappa shape index (κ2) is 9.47. The molecule has 5 nitrogen and oxygen atoms in total. The predicted molar refractivity (Wildman–Crippen MR) is 129 cm³/mol. The highest BCUT2D eigenvalue weighted by molar-refractivity contribution is 6.33. The molecule has 0 N–H and O–H groups in total. The number of nitrogens with zero attached hydrogens (tertiary/aromatic N) is 2. The van der Waals surface area contributed by atoms with Crippen LogP contribution in [0.25, 0.3) is 6.08 Å². The zero-order chi connectivity index (χ0) is 22.7. The Labute approximate surface area is 196 Å². The van der Waals surface area contributed by atoms with E-state index in [1.54, 1.807) is 38.3 Å². The zero-order valence-electron chi connectivity index (χ0n) is 17.5. The second-order valence-electron chi connectivity index (χ2n) is 7.15. The first kappa shape index (κ1) is 21.9. The van der Waals surface area contributed by atoms with Crippen molar-refractivity contribution < 1.29 is 14.3 Å². The molecular formula is C25H20Cl2N2O3. The zero-order valence-corrected chi connectivity index (χ0v) is 19.0. The predicted octanol–water partition coefficient (Wildman–Crippen LogP) is 6.39. The summed E-state index contributed by atoms with van der Waals surface area (Å²) >= 11 is 12.5. The number of hydrazone groups is 1. The molecule has 4 rings (SSSR count). The summed E-state index contributed by atoms with van der Waals surface area (Å²) in [6.07, 6.45) is 1.75. The molecule has 0 saturated heterocycles. The van der Waals surface area contributed by atoms with Crippen molar-refractivity contribution in [1.82, 2.24) is 0 Å². The highest BCUT2D eigenvalue weighted by Gasteiger charge is 2.28. The van der Waals surface area contributed by atoms with Crippen LogP contribution in [0.2, 0.25) is 10.0 Å². The van der Waals surface area contributed by atoms with E-state index in [0.717, 1.165) is 5.56 Å². The minimum Gasteiger partial charge on any atom is -0.493 e. The van der Waals surface area contributed by atoms with Crippen LogP contribution >= 0.6 is 23.2 Å². The van der Waals surface area contributed by atoms with E-state index in [9.17, 15) is 4.79 Å². The van der Waals surface area contributed by atoms with Crippen LogP contribution in [0.1, 0.15) is 18.1 Å². The van der Waals surface area contributed by atoms with E-state index >= 15 is 0 Å². The van der Waals surface area contributed by atoms with Crippen molar-refractivity contribution in [2.24, 2.45) is 5.10 Å². The Balaban J connectivity index is 1.59. The van der Waals surface area contributed by atoms with E-state index in [-0.39, 0.29) is 12.5 Å². The van der Waals surface area contributed by atoms with Gasteiger partial charge in [0.1, 0.15) is 6.61 Å². The molecule has 0 fully saturated rings. The molecule has 32 heavy (non-hydrogen) atoms. The number of anilines is 1. The smallest absolute Gasteiger partial charge is 0.280 e. The standard InChI is InChI=1S/C25H20Cl2N2O3/c1-16-21(25(30)29(28-16)20-9-4-3-5-10-20)12-18-13-22(27)24(23(14-18)31-2)32-15-17-7-6-8-19(26)11-17/h3-14H,15H2,1-2H3/b21-12+. The maximum atomic E-state index is 13.0. The third kappa shape index (κ3) is 4.64. The first-order valence-electron chi connectivity index (χ1n) is 9.88. The van der Waals surface area contributed by atoms with E-state index in [2.05, 4.69) is 5.10 Å². The van der Waals surface area contributed by atoms with Crippen LogP contribution < -0.4 is 14.5 Å². The summed E-state index contributed by atoms with van der Waals surface area (Å²) in [6, 6.07) is 20.2. The fraction of sp³-hybridized carbons (Fsp3) is 0.120. The summed E-state index contributed by atoms with van der Waals surface area (Å²) in [5.74, 6) is 0.682. The van der Waals surface area contributed by atoms with Crippen molar-refractivity contribution in [1.29, 1.82) is 0 Å². The number of hydrogen-bond donors (Lipinski definition) is 0. The fourth-order valence-electron chi connectivity index (χ4n) is 3.34. The lowest BCUT2D eigenvalue weighted by Gasteiger charge is -2.14. The first-order chi connectivity index (χ1) is 15.5. The number of carbonyl (C=O) groups excluding carboxylic acids is 1. The molecule has 1 amide bonds. The maximum Gasteiger partial charge on any atom is 0.280 e. The molecule has 0 atom stereocenters. The molecule has 3 aromatic carbocycles. The maximum absolute atomic E-state index is 13.0. The third-order valence-corrected chi connectivity index (χ3v) is 5.41. The van der Waals surface area contributed by atoms with Crippen molar-refractivity contribution in [3.8, 4) is 11.5 Å². The van der Waals surface area contributed by atoms with Gasteiger partial charge in [0.15, 0.2) is 11.5 Å². The molecule has 0 bridgehead atoms. The number of benzene rings is 3. The van der Waals surface area contributed by atoms with Gasteiger partial charge in [0.2, 0.25) is 0 Å². The van der Waals surface area contributed by atoms with Gasteiger partial charge in [-0.2, -0.15) is 10.1 Å². The third-order valence-electron chi connectivity index (χ3n) is 4.90. The lowest BCUT2D eigenvalue weighted by Crippen LogP contribution is -2.21. The molecule has 7 heteroatoms. The molecule has 1 heterocycles. The van der Waals surface area contributed by atoms with Gasteiger partial charge in [-0.05, 0) is 60.5 Å². The molecule has 162 valence electrons. The number of hydrogen-bond acceptors (Lipinski definition) is 4. The summed E-state index contributed by atoms with van der Waals surface area (Å²) in [5.41, 5.74) is 3.43. The second-order valence-corrected chi connectivity index (χ2v) is 7.99. The molecule has 0 radical (unpaired) electrons. The van der Waals surface area contributed by atoms with Crippen LogP contribution in [-0.4, -0.2) is 18.7 Å². The topological polar surface area (TPSA) is 51.1 Å². The average molecular weight is 467 g/mol. The number of rotatable bonds is 6. The first-order valence-corrected chi connectivity index (χ1v) is 10.6. The Kier molecular flexibility index (Phi) is 6.49. The van der Waals surface area contributed by atoms with E-state index < -0.39 is 0 Å². The van der Waals surface area contributed by atoms with Gasteiger partial charge in [-0.3, -0.25) is 4.79 Å². The minimum atomic E-state index is -0.204. The largest absolute Gasteiger partial charge is 0.493 e. The number of para-hydroxylation sites is 1. The number of amides is 1. The monoisotopic (exact) mass is 466 g/mol. The Morgan fingerprint density at radius 3 is 2.53 bits per heavy atom. The molecule has 1 aliphatic heterocycles. The summed E-state index contributed by atoms with van der Waals surface area (Å²) in [5, 5.41) is 6.80. The Hall–Kier alpha value is -3.28. The van der Waals surface area contributed by atoms with E-state index in [1.807, 2.05) is 48.5 Å². The van der Waals surface area contributed by atoms with E-state index in [1.165, 1.54) is 5.01 Å². The highest BCUT2D eigenvalue weighted by atomic mass is 35.5. The SMILES string of the molecule is COc1cc(/C=C2/C(=O)N(c3ccccc3)N=C2C)cc(Cl)c1OCc1cccc(Cl)c1. The van der Waals surface area contributed by atoms with Gasteiger partial charge in [-0.1, -0.05) is 53.5 Å². The van der Waals surface area contributed by atoms with Gasteiger partial charge in [0.25, 0.3) is 5.91 Å². The quantitative estimate of drug-likeness (QED) is 0.395. The number of methoxy groups -OCH3 is 1. The molecule has 0 unspecified atom stereocenters. The summed E-state index contributed by atoms with van der Waals surface area (Å²) in [6.45, 7) is 2.08. The summed E-state index contributed by atoms with van der Waals surface area (Å²) in [7, 11) is 1.54. The van der Waals surface area contributed by atoms with Crippen LogP contribution in [-0.2, 0) is 11.4 Å². The van der Waals surface area contributed by atoms with Crippen LogP contribution in [0.4, 0.5) is 5.69 Å². The van der Waals surface area contributed by atoms with Crippen LogP contribution in [0, 0.1) is 0 Å². The van der Waals surface area contributed by atoms with Crippen molar-refractivity contribution in [3.63, 3.8) is 0 Å². The molecule has 1 aliphatic rings. The number of ether oxygens (including phenoxy) is 2. The van der Waals surface area contributed by atoms with Crippen LogP contribution in [0.15, 0.2) is 77.4 Å². The lowest BCUT2D eigenvalue weighted by molar-refractivity contribution is -0.114. The number of carbonyl (C=O) groups is 1. The van der Waals surface area contributed by atoms with Gasteiger partial charge < -0.3 is 9.47 Å². The lowest BCUT2D eigenvalue weighted by atomic mass is 10.1. The van der Waals surface area contributed by atoms with Crippen molar-refractivity contribution in [2.45, 2.75) is 13.5 Å². The Morgan fingerprint density at radius 2 is 1.81 bits per heavy atom. The molecule has 3 aromatic rings. The van der Waals surface area contributed by atoms with Gasteiger partial charge in [0, 0.05) is 5.02 Å². The molecular weight excluding hydrogens is 447 g/mol. The minimum absolute atomic E-state index is 0.204. The average Bonchev–Trinajstić information content (AvgIpc) is 3.07. The van der Waals surface area contributed by atoms with Gasteiger partial charge in [0.05, 0.1) is 29.1 Å². The summed E-state index contributed by atoms with van der Waals surface area (Å²) < 4.78 is 11.4. The van der Waals surface area contributed by atoms with Crippen molar-refractivity contribution >= 4 is 46.6 Å². The molecule has 0 saturated carbocycles. The van der Waals surface area contributed by atoms with Gasteiger partial charge >= 0.3 is 0 Å². The van der Waals surface area contributed by atoms with Crippen LogP contribution in [0.5, 0.6) is 11.5 Å². The van der Waals surface area contributed by atoms with E-state index in [0.29, 0.717) is 44.1 Å². The van der Waals surface area contributed by atoms with Crippen molar-refractivity contribution in [3.05, 3.63) is 93.5 Å². The Bertz CT molecular complexity index is 1220. The Morgan fingerprint density at radius 1 is 1.03 bits per heavy atom. The van der Waals surface area contributed by atoms with Crippen molar-refractivity contribution in [2.75, 3.05) is 12.1 Å². The highest BCUT2D eigenvalue weighted by Crippen LogP contribution is 2.38. The molecule has 0 aromatic heterocycles. The summed E-state index contributed by atoms with van der Waals surface area (Å²) in [4.78, 5) is 13.0. The van der Waals surface area contributed by atoms with E-state index in [4.69, 9.17) is 32.7 Å². The molecule has 0 spiro atoms. The van der Waals surface area contributed by atoms with Crippen LogP contribution in [0.3, 0.4) is 0 Å². The van der Waals surface area contributed by atoms with Gasteiger partial charge in [-0.15, -0.1) is 0 Å². The molecule has 0 aliphatic carbocycles.